The van der Waals surface area contributed by atoms with E-state index in [1.165, 1.54) is 10.4 Å². The van der Waals surface area contributed by atoms with Crippen LogP contribution < -0.4 is 10.1 Å². The topological polar surface area (TPSA) is 21.3 Å². The molecule has 3 heteroatoms. The smallest absolute Gasteiger partial charge is 0.119 e. The highest BCUT2D eigenvalue weighted by molar-refractivity contribution is 7.10. The first-order valence-electron chi connectivity index (χ1n) is 7.63. The first kappa shape index (κ1) is 16.1. The van der Waals surface area contributed by atoms with Gasteiger partial charge in [0.25, 0.3) is 0 Å². The van der Waals surface area contributed by atoms with Gasteiger partial charge in [-0.3, -0.25) is 0 Å². The van der Waals surface area contributed by atoms with Gasteiger partial charge in [-0.2, -0.15) is 0 Å². The van der Waals surface area contributed by atoms with Crippen LogP contribution in [-0.2, 0) is 6.54 Å². The molecule has 0 unspecified atom stereocenters. The largest absolute Gasteiger partial charge is 0.494 e. The molecule has 1 atom stereocenters. The minimum atomic E-state index is 0.395. The average Bonchev–Trinajstić information content (AvgIpc) is 3.00. The number of nitrogens with one attached hydrogen (secondary N) is 1. The molecule has 0 radical (unpaired) electrons. The molecule has 0 saturated heterocycles. The molecule has 0 spiro atoms. The van der Waals surface area contributed by atoms with Gasteiger partial charge >= 0.3 is 0 Å². The first-order chi connectivity index (χ1) is 10.1. The number of rotatable bonds is 8. The SMILES string of the molecule is CC(C)CCOc1ccc(CN[C@@H](C)c2cccs2)cc1. The maximum atomic E-state index is 5.74. The summed E-state index contributed by atoms with van der Waals surface area (Å²) in [6.45, 7) is 8.31. The molecule has 0 fully saturated rings. The Balaban J connectivity index is 1.77. The van der Waals surface area contributed by atoms with Crippen molar-refractivity contribution < 1.29 is 4.74 Å². The quantitative estimate of drug-likeness (QED) is 0.739. The van der Waals surface area contributed by atoms with E-state index in [9.17, 15) is 0 Å². The van der Waals surface area contributed by atoms with E-state index < -0.39 is 0 Å². The number of hydrogen-bond acceptors (Lipinski definition) is 3. The zero-order chi connectivity index (χ0) is 15.1. The molecule has 1 heterocycles. The Bertz CT molecular complexity index is 505. The summed E-state index contributed by atoms with van der Waals surface area (Å²) in [4.78, 5) is 1.38. The summed E-state index contributed by atoms with van der Waals surface area (Å²) in [6.07, 6.45) is 1.10. The Labute approximate surface area is 132 Å². The van der Waals surface area contributed by atoms with Crippen molar-refractivity contribution in [2.45, 2.75) is 39.8 Å². The van der Waals surface area contributed by atoms with Crippen molar-refractivity contribution in [3.63, 3.8) is 0 Å². The monoisotopic (exact) mass is 303 g/mol. The Hall–Kier alpha value is -1.32. The van der Waals surface area contributed by atoms with E-state index in [1.807, 2.05) is 0 Å². The van der Waals surface area contributed by atoms with E-state index in [1.54, 1.807) is 11.3 Å². The van der Waals surface area contributed by atoms with Crippen molar-refractivity contribution in [3.05, 3.63) is 52.2 Å². The average molecular weight is 303 g/mol. The van der Waals surface area contributed by atoms with Crippen LogP contribution in [0.25, 0.3) is 0 Å². The van der Waals surface area contributed by atoms with Crippen LogP contribution in [0.1, 0.15) is 43.7 Å². The zero-order valence-electron chi connectivity index (χ0n) is 13.1. The Kier molecular flexibility index (Phi) is 6.27. The fourth-order valence-corrected chi connectivity index (χ4v) is 2.78. The van der Waals surface area contributed by atoms with Crippen molar-refractivity contribution in [3.8, 4) is 5.75 Å². The molecule has 0 aliphatic carbocycles. The Morgan fingerprint density at radius 2 is 1.86 bits per heavy atom. The summed E-state index contributed by atoms with van der Waals surface area (Å²) in [5, 5.41) is 5.67. The van der Waals surface area contributed by atoms with Crippen LogP contribution in [0.5, 0.6) is 5.75 Å². The summed E-state index contributed by atoms with van der Waals surface area (Å²) in [6, 6.07) is 13.1. The summed E-state index contributed by atoms with van der Waals surface area (Å²) in [5.41, 5.74) is 1.29. The maximum Gasteiger partial charge on any atom is 0.119 e. The number of thiophene rings is 1. The van der Waals surface area contributed by atoms with E-state index in [2.05, 4.69) is 67.9 Å². The lowest BCUT2D eigenvalue weighted by Crippen LogP contribution is -2.17. The van der Waals surface area contributed by atoms with Gasteiger partial charge in [0.2, 0.25) is 0 Å². The van der Waals surface area contributed by atoms with Crippen LogP contribution in [0.15, 0.2) is 41.8 Å². The molecule has 0 aliphatic rings. The fraction of sp³-hybridized carbons (Fsp3) is 0.444. The molecule has 0 amide bonds. The van der Waals surface area contributed by atoms with E-state index in [0.717, 1.165) is 25.3 Å². The maximum absolute atomic E-state index is 5.74. The van der Waals surface area contributed by atoms with Crippen molar-refractivity contribution in [2.75, 3.05) is 6.61 Å². The lowest BCUT2D eigenvalue weighted by Gasteiger charge is -2.13. The molecule has 0 aliphatic heterocycles. The minimum Gasteiger partial charge on any atom is -0.494 e. The highest BCUT2D eigenvalue weighted by atomic mass is 32.1. The van der Waals surface area contributed by atoms with Crippen LogP contribution in [-0.4, -0.2) is 6.61 Å². The minimum absolute atomic E-state index is 0.395. The normalized spacial score (nSPS) is 12.6. The molecular weight excluding hydrogens is 278 g/mol. The predicted octanol–water partition coefficient (Wildman–Crippen LogP) is 5.02. The summed E-state index contributed by atoms with van der Waals surface area (Å²) >= 11 is 1.80. The zero-order valence-corrected chi connectivity index (χ0v) is 14.0. The fourth-order valence-electron chi connectivity index (χ4n) is 2.03. The predicted molar refractivity (Wildman–Crippen MR) is 91.0 cm³/mol. The third-order valence-electron chi connectivity index (χ3n) is 3.47. The number of hydrogen-bond donors (Lipinski definition) is 1. The summed E-state index contributed by atoms with van der Waals surface area (Å²) < 4.78 is 5.74. The second-order valence-corrected chi connectivity index (χ2v) is 6.77. The number of ether oxygens (including phenoxy) is 1. The first-order valence-corrected chi connectivity index (χ1v) is 8.51. The third-order valence-corrected chi connectivity index (χ3v) is 4.52. The van der Waals surface area contributed by atoms with Gasteiger partial charge in [-0.05, 0) is 48.4 Å². The second kappa shape index (κ2) is 8.20. The molecule has 1 aromatic carbocycles. The molecule has 2 aromatic rings. The van der Waals surface area contributed by atoms with Crippen molar-refractivity contribution >= 4 is 11.3 Å². The van der Waals surface area contributed by atoms with Crippen molar-refractivity contribution in [1.82, 2.24) is 5.32 Å². The van der Waals surface area contributed by atoms with Gasteiger partial charge in [0, 0.05) is 17.5 Å². The van der Waals surface area contributed by atoms with Gasteiger partial charge in [0.05, 0.1) is 6.61 Å². The molecule has 114 valence electrons. The lowest BCUT2D eigenvalue weighted by molar-refractivity contribution is 0.289. The van der Waals surface area contributed by atoms with Crippen LogP contribution in [0.2, 0.25) is 0 Å². The van der Waals surface area contributed by atoms with E-state index in [4.69, 9.17) is 4.74 Å². The standard InChI is InChI=1S/C18H25NOS/c1-14(2)10-11-20-17-8-6-16(7-9-17)13-19-15(3)18-5-4-12-21-18/h4-9,12,14-15,19H,10-11,13H2,1-3H3/t15-/m0/s1. The molecular formula is C18H25NOS. The Morgan fingerprint density at radius 3 is 2.48 bits per heavy atom. The van der Waals surface area contributed by atoms with Gasteiger partial charge in [-0.15, -0.1) is 11.3 Å². The number of benzene rings is 1. The molecule has 1 aromatic heterocycles. The van der Waals surface area contributed by atoms with Gasteiger partial charge < -0.3 is 10.1 Å². The molecule has 2 nitrogen and oxygen atoms in total. The van der Waals surface area contributed by atoms with Crippen molar-refractivity contribution in [1.29, 1.82) is 0 Å². The van der Waals surface area contributed by atoms with E-state index in [-0.39, 0.29) is 0 Å². The molecule has 2 rings (SSSR count). The van der Waals surface area contributed by atoms with E-state index >= 15 is 0 Å². The molecule has 0 bridgehead atoms. The van der Waals surface area contributed by atoms with Crippen molar-refractivity contribution in [2.24, 2.45) is 5.92 Å². The second-order valence-electron chi connectivity index (χ2n) is 5.79. The van der Waals surface area contributed by atoms with E-state index in [0.29, 0.717) is 12.0 Å². The summed E-state index contributed by atoms with van der Waals surface area (Å²) in [7, 11) is 0. The van der Waals surface area contributed by atoms with Gasteiger partial charge in [0.1, 0.15) is 5.75 Å². The van der Waals surface area contributed by atoms with Crippen LogP contribution >= 0.6 is 11.3 Å². The van der Waals surface area contributed by atoms with Gasteiger partial charge in [-0.25, -0.2) is 0 Å². The highest BCUT2D eigenvalue weighted by Gasteiger charge is 2.05. The van der Waals surface area contributed by atoms with Crippen LogP contribution in [0.3, 0.4) is 0 Å². The molecule has 21 heavy (non-hydrogen) atoms. The van der Waals surface area contributed by atoms with Crippen LogP contribution in [0, 0.1) is 5.92 Å². The lowest BCUT2D eigenvalue weighted by atomic mass is 10.1. The Morgan fingerprint density at radius 1 is 1.10 bits per heavy atom. The highest BCUT2D eigenvalue weighted by Crippen LogP contribution is 2.19. The molecule has 0 saturated carbocycles. The van der Waals surface area contributed by atoms with Gasteiger partial charge in [-0.1, -0.05) is 32.0 Å². The van der Waals surface area contributed by atoms with Crippen LogP contribution in [0.4, 0.5) is 0 Å². The van der Waals surface area contributed by atoms with Gasteiger partial charge in [0.15, 0.2) is 0 Å². The molecule has 1 N–H and O–H groups in total. The summed E-state index contributed by atoms with van der Waals surface area (Å²) in [5.74, 6) is 1.65. The third kappa shape index (κ3) is 5.52.